The predicted molar refractivity (Wildman–Crippen MR) is 54.0 cm³/mol. The Morgan fingerprint density at radius 1 is 1.08 bits per heavy atom. The Morgan fingerprint density at radius 2 is 1.85 bits per heavy atom. The van der Waals surface area contributed by atoms with Gasteiger partial charge in [-0.3, -0.25) is 0 Å². The lowest BCUT2D eigenvalue weighted by atomic mass is 10.1. The van der Waals surface area contributed by atoms with E-state index in [4.69, 9.17) is 11.6 Å². The van der Waals surface area contributed by atoms with Gasteiger partial charge in [0, 0.05) is 5.39 Å². The zero-order valence-corrected chi connectivity index (χ0v) is 8.26. The number of aromatic nitrogens is 2. The monoisotopic (exact) mass is 192 g/mol. The van der Waals surface area contributed by atoms with Crippen LogP contribution in [0.4, 0.5) is 0 Å². The lowest BCUT2D eigenvalue weighted by molar-refractivity contribution is 1.02. The van der Waals surface area contributed by atoms with Crippen molar-refractivity contribution < 1.29 is 0 Å². The third-order valence-corrected chi connectivity index (χ3v) is 2.23. The molecule has 0 bridgehead atoms. The molecule has 2 nitrogen and oxygen atoms in total. The molecule has 2 rings (SSSR count). The van der Waals surface area contributed by atoms with Crippen molar-refractivity contribution in [1.29, 1.82) is 0 Å². The van der Waals surface area contributed by atoms with Gasteiger partial charge in [0.05, 0.1) is 16.2 Å². The maximum atomic E-state index is 6.07. The fraction of sp³-hybridized carbons (Fsp3) is 0.200. The van der Waals surface area contributed by atoms with Gasteiger partial charge >= 0.3 is 0 Å². The third kappa shape index (κ3) is 1.49. The Kier molecular flexibility index (Phi) is 1.93. The minimum atomic E-state index is 0.744. The second kappa shape index (κ2) is 2.96. The van der Waals surface area contributed by atoms with Gasteiger partial charge in [0.2, 0.25) is 0 Å². The molecular weight excluding hydrogens is 184 g/mol. The van der Waals surface area contributed by atoms with E-state index in [-0.39, 0.29) is 0 Å². The third-order valence-electron chi connectivity index (χ3n) is 1.92. The second-order valence-electron chi connectivity index (χ2n) is 3.17. The van der Waals surface area contributed by atoms with Crippen LogP contribution < -0.4 is 0 Å². The highest BCUT2D eigenvalue weighted by Gasteiger charge is 2.02. The normalized spacial score (nSPS) is 10.7. The first-order chi connectivity index (χ1) is 6.16. The van der Waals surface area contributed by atoms with Crippen LogP contribution in [0.3, 0.4) is 0 Å². The van der Waals surface area contributed by atoms with E-state index in [1.54, 1.807) is 0 Å². The average Bonchev–Trinajstić information content (AvgIpc) is 2.06. The number of hydrogen-bond donors (Lipinski definition) is 0. The number of hydrogen-bond acceptors (Lipinski definition) is 2. The van der Waals surface area contributed by atoms with E-state index in [2.05, 4.69) is 10.2 Å². The second-order valence-corrected chi connectivity index (χ2v) is 3.57. The maximum absolute atomic E-state index is 6.07. The van der Waals surface area contributed by atoms with Crippen LogP contribution >= 0.6 is 11.6 Å². The SMILES string of the molecule is Cc1cc(Cl)c2cc(C)nnc2c1. The standard InChI is InChI=1S/C10H9ClN2/c1-6-3-9(11)8-5-7(2)12-13-10(8)4-6/h3-5H,1-2H3. The van der Waals surface area contributed by atoms with Crippen molar-refractivity contribution in [2.45, 2.75) is 13.8 Å². The van der Waals surface area contributed by atoms with Crippen molar-refractivity contribution in [3.63, 3.8) is 0 Å². The molecule has 13 heavy (non-hydrogen) atoms. The molecule has 2 aromatic rings. The number of nitrogens with zero attached hydrogens (tertiary/aromatic N) is 2. The van der Waals surface area contributed by atoms with Crippen LogP contribution in [-0.2, 0) is 0 Å². The first-order valence-corrected chi connectivity index (χ1v) is 4.45. The van der Waals surface area contributed by atoms with Crippen molar-refractivity contribution in [2.24, 2.45) is 0 Å². The van der Waals surface area contributed by atoms with Crippen LogP contribution in [-0.4, -0.2) is 10.2 Å². The van der Waals surface area contributed by atoms with E-state index in [0.717, 1.165) is 27.2 Å². The van der Waals surface area contributed by atoms with Crippen molar-refractivity contribution in [3.8, 4) is 0 Å². The maximum Gasteiger partial charge on any atom is 0.0947 e. The number of rotatable bonds is 0. The summed E-state index contributed by atoms with van der Waals surface area (Å²) in [6.07, 6.45) is 0. The van der Waals surface area contributed by atoms with Crippen LogP contribution in [0.1, 0.15) is 11.3 Å². The minimum absolute atomic E-state index is 0.744. The zero-order valence-electron chi connectivity index (χ0n) is 7.50. The summed E-state index contributed by atoms with van der Waals surface area (Å²) >= 11 is 6.07. The Balaban J connectivity index is 2.87. The topological polar surface area (TPSA) is 25.8 Å². The van der Waals surface area contributed by atoms with Crippen LogP contribution in [0.2, 0.25) is 5.02 Å². The van der Waals surface area contributed by atoms with Gasteiger partial charge in [-0.2, -0.15) is 10.2 Å². The molecule has 0 fully saturated rings. The molecule has 0 N–H and O–H groups in total. The Morgan fingerprint density at radius 3 is 2.62 bits per heavy atom. The fourth-order valence-electron chi connectivity index (χ4n) is 1.33. The summed E-state index contributed by atoms with van der Waals surface area (Å²) < 4.78 is 0. The van der Waals surface area contributed by atoms with Crippen molar-refractivity contribution in [2.75, 3.05) is 0 Å². The summed E-state index contributed by atoms with van der Waals surface area (Å²) in [5, 5.41) is 9.76. The molecule has 0 spiro atoms. The zero-order chi connectivity index (χ0) is 9.42. The summed E-state index contributed by atoms with van der Waals surface area (Å²) in [7, 11) is 0. The first-order valence-electron chi connectivity index (χ1n) is 4.07. The van der Waals surface area contributed by atoms with Crippen LogP contribution in [0.5, 0.6) is 0 Å². The summed E-state index contributed by atoms with van der Waals surface area (Å²) in [5.41, 5.74) is 2.85. The highest BCUT2D eigenvalue weighted by molar-refractivity contribution is 6.35. The number of aryl methyl sites for hydroxylation is 2. The molecule has 1 heterocycles. The van der Waals surface area contributed by atoms with Crippen LogP contribution in [0, 0.1) is 13.8 Å². The molecule has 0 radical (unpaired) electrons. The summed E-state index contributed by atoms with van der Waals surface area (Å²) in [4.78, 5) is 0. The largest absolute Gasteiger partial charge is 0.155 e. The lowest BCUT2D eigenvalue weighted by Crippen LogP contribution is -1.88. The molecule has 0 atom stereocenters. The Labute approximate surface area is 81.6 Å². The van der Waals surface area contributed by atoms with E-state index in [1.165, 1.54) is 0 Å². The predicted octanol–water partition coefficient (Wildman–Crippen LogP) is 2.90. The van der Waals surface area contributed by atoms with E-state index >= 15 is 0 Å². The number of benzene rings is 1. The highest BCUT2D eigenvalue weighted by atomic mass is 35.5. The van der Waals surface area contributed by atoms with Gasteiger partial charge in [-0.1, -0.05) is 11.6 Å². The van der Waals surface area contributed by atoms with Gasteiger partial charge in [0.25, 0.3) is 0 Å². The van der Waals surface area contributed by atoms with E-state index in [9.17, 15) is 0 Å². The molecule has 66 valence electrons. The molecule has 0 saturated carbocycles. The molecule has 0 saturated heterocycles. The molecular formula is C10H9ClN2. The van der Waals surface area contributed by atoms with Gasteiger partial charge in [0.15, 0.2) is 0 Å². The van der Waals surface area contributed by atoms with Gasteiger partial charge in [-0.05, 0) is 37.6 Å². The van der Waals surface area contributed by atoms with Crippen LogP contribution in [0.15, 0.2) is 18.2 Å². The summed E-state index contributed by atoms with van der Waals surface area (Å²) in [5.74, 6) is 0. The van der Waals surface area contributed by atoms with E-state index < -0.39 is 0 Å². The molecule has 1 aromatic heterocycles. The smallest absolute Gasteiger partial charge is 0.0947 e. The lowest BCUT2D eigenvalue weighted by Gasteiger charge is -2.01. The average molecular weight is 193 g/mol. The van der Waals surface area contributed by atoms with Crippen LogP contribution in [0.25, 0.3) is 10.9 Å². The molecule has 0 aliphatic rings. The Hall–Kier alpha value is -1.15. The van der Waals surface area contributed by atoms with Crippen molar-refractivity contribution in [1.82, 2.24) is 10.2 Å². The minimum Gasteiger partial charge on any atom is -0.155 e. The number of halogens is 1. The number of fused-ring (bicyclic) bond motifs is 1. The van der Waals surface area contributed by atoms with Gasteiger partial charge in [-0.15, -0.1) is 0 Å². The molecule has 0 aliphatic carbocycles. The fourth-order valence-corrected chi connectivity index (χ4v) is 1.65. The van der Waals surface area contributed by atoms with Gasteiger partial charge in [0.1, 0.15) is 0 Å². The molecule has 0 aliphatic heterocycles. The molecule has 0 amide bonds. The van der Waals surface area contributed by atoms with Gasteiger partial charge < -0.3 is 0 Å². The molecule has 0 unspecified atom stereocenters. The summed E-state index contributed by atoms with van der Waals surface area (Å²) in [6.45, 7) is 3.90. The summed E-state index contributed by atoms with van der Waals surface area (Å²) in [6, 6.07) is 5.86. The quantitative estimate of drug-likeness (QED) is 0.642. The molecule has 3 heteroatoms. The van der Waals surface area contributed by atoms with E-state index in [1.807, 2.05) is 32.0 Å². The molecule has 1 aromatic carbocycles. The van der Waals surface area contributed by atoms with Crippen molar-refractivity contribution in [3.05, 3.63) is 34.5 Å². The van der Waals surface area contributed by atoms with E-state index in [0.29, 0.717) is 0 Å². The highest BCUT2D eigenvalue weighted by Crippen LogP contribution is 2.23. The van der Waals surface area contributed by atoms with Gasteiger partial charge in [-0.25, -0.2) is 0 Å². The first kappa shape index (κ1) is 8.45. The Bertz CT molecular complexity index is 466. The van der Waals surface area contributed by atoms with Crippen molar-refractivity contribution >= 4 is 22.5 Å².